The van der Waals surface area contributed by atoms with Crippen LogP contribution in [0.4, 0.5) is 5.82 Å². The third-order valence-corrected chi connectivity index (χ3v) is 2.69. The summed E-state index contributed by atoms with van der Waals surface area (Å²) < 4.78 is 5.81. The fourth-order valence-corrected chi connectivity index (χ4v) is 1.83. The Bertz CT molecular complexity index is 543. The quantitative estimate of drug-likeness (QED) is 0.894. The van der Waals surface area contributed by atoms with Crippen molar-refractivity contribution < 1.29 is 4.74 Å². The summed E-state index contributed by atoms with van der Waals surface area (Å²) in [6.45, 7) is 4.82. The number of nitrogens with zero attached hydrogens (tertiary/aromatic N) is 1. The normalized spacial score (nSPS) is 10.2. The number of hydrogen-bond donors (Lipinski definition) is 1. The number of pyridine rings is 1. The van der Waals surface area contributed by atoms with E-state index in [0.717, 1.165) is 29.4 Å². The van der Waals surface area contributed by atoms with E-state index in [9.17, 15) is 0 Å². The predicted molar refractivity (Wildman–Crippen MR) is 74.7 cm³/mol. The first kappa shape index (κ1) is 12.7. The number of anilines is 1. The number of nitrogens with one attached hydrogen (secondary N) is 1. The van der Waals surface area contributed by atoms with Crippen LogP contribution in [0.15, 0.2) is 36.5 Å². The van der Waals surface area contributed by atoms with Gasteiger partial charge in [-0.2, -0.15) is 0 Å². The van der Waals surface area contributed by atoms with Gasteiger partial charge in [-0.1, -0.05) is 11.6 Å². The van der Waals surface area contributed by atoms with E-state index in [2.05, 4.69) is 10.3 Å². The molecule has 94 valence electrons. The van der Waals surface area contributed by atoms with E-state index >= 15 is 0 Å². The van der Waals surface area contributed by atoms with Crippen molar-refractivity contribution in [2.24, 2.45) is 0 Å². The molecule has 1 heterocycles. The molecule has 0 aliphatic rings. The largest absolute Gasteiger partial charge is 0.457 e. The van der Waals surface area contributed by atoms with Gasteiger partial charge < -0.3 is 10.1 Å². The van der Waals surface area contributed by atoms with Crippen molar-refractivity contribution >= 4 is 17.4 Å². The molecule has 0 spiro atoms. The van der Waals surface area contributed by atoms with Crippen LogP contribution < -0.4 is 10.1 Å². The number of ether oxygens (including phenoxy) is 1. The molecular weight excluding hydrogens is 248 g/mol. The van der Waals surface area contributed by atoms with Gasteiger partial charge in [0.2, 0.25) is 0 Å². The predicted octanol–water partition coefficient (Wildman–Crippen LogP) is 4.27. The molecule has 0 fully saturated rings. The Hall–Kier alpha value is -1.74. The number of benzene rings is 1. The summed E-state index contributed by atoms with van der Waals surface area (Å²) in [4.78, 5) is 4.20. The third-order valence-electron chi connectivity index (χ3n) is 2.45. The molecule has 0 amide bonds. The molecule has 18 heavy (non-hydrogen) atoms. The second-order valence-corrected chi connectivity index (χ2v) is 4.36. The van der Waals surface area contributed by atoms with Crippen LogP contribution in [0.3, 0.4) is 0 Å². The molecule has 0 aliphatic heterocycles. The first-order valence-electron chi connectivity index (χ1n) is 5.83. The number of hydrogen-bond acceptors (Lipinski definition) is 3. The molecule has 0 saturated carbocycles. The summed E-state index contributed by atoms with van der Waals surface area (Å²) in [6, 6.07) is 9.26. The Labute approximate surface area is 112 Å². The molecule has 4 heteroatoms. The number of aryl methyl sites for hydroxylation is 1. The average molecular weight is 263 g/mol. The van der Waals surface area contributed by atoms with E-state index in [-0.39, 0.29) is 0 Å². The van der Waals surface area contributed by atoms with Gasteiger partial charge in [0.1, 0.15) is 17.3 Å². The number of halogens is 1. The van der Waals surface area contributed by atoms with Gasteiger partial charge in [-0.15, -0.1) is 0 Å². The standard InChI is InChI=1S/C14H15ClN2O/c1-3-16-14-9-12(6-7-17-14)18-13-5-4-11(15)8-10(13)2/h4-9H,3H2,1-2H3,(H,16,17). The van der Waals surface area contributed by atoms with Gasteiger partial charge in [-0.25, -0.2) is 4.98 Å². The van der Waals surface area contributed by atoms with Crippen LogP contribution in [0.25, 0.3) is 0 Å². The molecule has 2 rings (SSSR count). The van der Waals surface area contributed by atoms with Crippen molar-refractivity contribution in [3.8, 4) is 11.5 Å². The van der Waals surface area contributed by atoms with Crippen molar-refractivity contribution in [1.29, 1.82) is 0 Å². The molecule has 3 nitrogen and oxygen atoms in total. The minimum atomic E-state index is 0.711. The van der Waals surface area contributed by atoms with Gasteiger partial charge in [0.05, 0.1) is 0 Å². The Kier molecular flexibility index (Phi) is 4.05. The molecular formula is C14H15ClN2O. The second kappa shape index (κ2) is 5.74. The van der Waals surface area contributed by atoms with Crippen LogP contribution in [0.2, 0.25) is 5.02 Å². The molecule has 1 aromatic heterocycles. The second-order valence-electron chi connectivity index (χ2n) is 3.92. The van der Waals surface area contributed by atoms with Crippen molar-refractivity contribution in [3.63, 3.8) is 0 Å². The minimum absolute atomic E-state index is 0.711. The van der Waals surface area contributed by atoms with Crippen molar-refractivity contribution in [1.82, 2.24) is 4.98 Å². The Morgan fingerprint density at radius 1 is 1.28 bits per heavy atom. The Balaban J connectivity index is 2.20. The van der Waals surface area contributed by atoms with Gasteiger partial charge in [0, 0.05) is 23.8 Å². The van der Waals surface area contributed by atoms with Crippen LogP contribution in [-0.2, 0) is 0 Å². The summed E-state index contributed by atoms with van der Waals surface area (Å²) in [7, 11) is 0. The zero-order valence-corrected chi connectivity index (χ0v) is 11.2. The lowest BCUT2D eigenvalue weighted by atomic mass is 10.2. The molecule has 2 aromatic rings. The summed E-state index contributed by atoms with van der Waals surface area (Å²) in [5.41, 5.74) is 1.00. The fourth-order valence-electron chi connectivity index (χ4n) is 1.61. The van der Waals surface area contributed by atoms with E-state index in [0.29, 0.717) is 5.02 Å². The van der Waals surface area contributed by atoms with Crippen molar-refractivity contribution in [2.45, 2.75) is 13.8 Å². The Morgan fingerprint density at radius 3 is 2.83 bits per heavy atom. The molecule has 0 aliphatic carbocycles. The lowest BCUT2D eigenvalue weighted by molar-refractivity contribution is 0.478. The SMILES string of the molecule is CCNc1cc(Oc2ccc(Cl)cc2C)ccn1. The maximum absolute atomic E-state index is 5.91. The highest BCUT2D eigenvalue weighted by atomic mass is 35.5. The highest BCUT2D eigenvalue weighted by molar-refractivity contribution is 6.30. The fraction of sp³-hybridized carbons (Fsp3) is 0.214. The molecule has 0 saturated heterocycles. The molecule has 1 aromatic carbocycles. The molecule has 0 radical (unpaired) electrons. The molecule has 0 atom stereocenters. The van der Waals surface area contributed by atoms with Gasteiger partial charge >= 0.3 is 0 Å². The van der Waals surface area contributed by atoms with E-state index < -0.39 is 0 Å². The maximum atomic E-state index is 5.91. The molecule has 0 unspecified atom stereocenters. The maximum Gasteiger partial charge on any atom is 0.132 e. The van der Waals surface area contributed by atoms with Crippen LogP contribution in [0, 0.1) is 6.92 Å². The summed E-state index contributed by atoms with van der Waals surface area (Å²) in [6.07, 6.45) is 1.72. The van der Waals surface area contributed by atoms with Gasteiger partial charge in [-0.3, -0.25) is 0 Å². The lowest BCUT2D eigenvalue weighted by Crippen LogP contribution is -1.99. The van der Waals surface area contributed by atoms with Crippen molar-refractivity contribution in [3.05, 3.63) is 47.1 Å². The highest BCUT2D eigenvalue weighted by Gasteiger charge is 2.03. The Morgan fingerprint density at radius 2 is 2.11 bits per heavy atom. The van der Waals surface area contributed by atoms with E-state index in [4.69, 9.17) is 16.3 Å². The van der Waals surface area contributed by atoms with Gasteiger partial charge in [0.15, 0.2) is 0 Å². The monoisotopic (exact) mass is 262 g/mol. The smallest absolute Gasteiger partial charge is 0.132 e. The van der Waals surface area contributed by atoms with Crippen LogP contribution >= 0.6 is 11.6 Å². The first-order valence-corrected chi connectivity index (χ1v) is 6.21. The lowest BCUT2D eigenvalue weighted by Gasteiger charge is -2.10. The van der Waals surface area contributed by atoms with E-state index in [1.54, 1.807) is 6.20 Å². The van der Waals surface area contributed by atoms with Gasteiger partial charge in [0.25, 0.3) is 0 Å². The zero-order valence-electron chi connectivity index (χ0n) is 10.4. The van der Waals surface area contributed by atoms with Crippen LogP contribution in [0.1, 0.15) is 12.5 Å². The van der Waals surface area contributed by atoms with Crippen LogP contribution in [0.5, 0.6) is 11.5 Å². The summed E-state index contributed by atoms with van der Waals surface area (Å²) in [5.74, 6) is 2.36. The van der Waals surface area contributed by atoms with Crippen molar-refractivity contribution in [2.75, 3.05) is 11.9 Å². The first-order chi connectivity index (χ1) is 8.69. The van der Waals surface area contributed by atoms with E-state index in [1.165, 1.54) is 0 Å². The summed E-state index contributed by atoms with van der Waals surface area (Å²) in [5, 5.41) is 3.86. The highest BCUT2D eigenvalue weighted by Crippen LogP contribution is 2.27. The number of aromatic nitrogens is 1. The molecule has 1 N–H and O–H groups in total. The van der Waals surface area contributed by atoms with Gasteiger partial charge in [-0.05, 0) is 43.7 Å². The third kappa shape index (κ3) is 3.14. The summed E-state index contributed by atoms with van der Waals surface area (Å²) >= 11 is 5.91. The minimum Gasteiger partial charge on any atom is -0.457 e. The zero-order chi connectivity index (χ0) is 13.0. The topological polar surface area (TPSA) is 34.1 Å². The van der Waals surface area contributed by atoms with Crippen LogP contribution in [-0.4, -0.2) is 11.5 Å². The van der Waals surface area contributed by atoms with E-state index in [1.807, 2.05) is 44.2 Å². The molecule has 0 bridgehead atoms. The average Bonchev–Trinajstić information content (AvgIpc) is 2.34. The number of rotatable bonds is 4.